The Balaban J connectivity index is -0.000000238. The van der Waals surface area contributed by atoms with Gasteiger partial charge in [-0.15, -0.1) is 0 Å². The maximum atomic E-state index is 3.72. The number of rotatable bonds is 6. The van der Waals surface area contributed by atoms with Crippen molar-refractivity contribution in [3.05, 3.63) is 85.1 Å². The molecule has 0 aliphatic carbocycles. The largest absolute Gasteiger partial charge is 0.0991 e. The molecule has 0 heteroatoms. The maximum absolute atomic E-state index is 3.72. The van der Waals surface area contributed by atoms with E-state index in [1.54, 1.807) is 12.2 Å². The molecular weight excluding hydrogens is 264 g/mol. The second kappa shape index (κ2) is 31.5. The quantitative estimate of drug-likeness (QED) is 0.436. The van der Waals surface area contributed by atoms with Crippen LogP contribution < -0.4 is 0 Å². The van der Waals surface area contributed by atoms with Crippen LogP contribution in [0.25, 0.3) is 0 Å². The summed E-state index contributed by atoms with van der Waals surface area (Å²) in [5, 5.41) is 0. The van der Waals surface area contributed by atoms with Gasteiger partial charge in [0.25, 0.3) is 0 Å². The highest BCUT2D eigenvalue weighted by molar-refractivity contribution is 5.48. The fourth-order valence-corrected chi connectivity index (χ4v) is 1.18. The number of hydrogen-bond donors (Lipinski definition) is 0. The lowest BCUT2D eigenvalue weighted by Gasteiger charge is -2.01. The van der Waals surface area contributed by atoms with E-state index in [2.05, 4.69) is 25.3 Å². The number of hydrogen-bond acceptors (Lipinski definition) is 0. The molecule has 0 unspecified atom stereocenters. The van der Waals surface area contributed by atoms with Crippen LogP contribution in [0.4, 0.5) is 0 Å². The van der Waals surface area contributed by atoms with E-state index in [-0.39, 0.29) is 0 Å². The Morgan fingerprint density at radius 1 is 0.636 bits per heavy atom. The van der Waals surface area contributed by atoms with Gasteiger partial charge in [-0.25, -0.2) is 0 Å². The molecule has 0 aromatic carbocycles. The summed E-state index contributed by atoms with van der Waals surface area (Å²) < 4.78 is 0. The summed E-state index contributed by atoms with van der Waals surface area (Å²) in [6, 6.07) is 0. The van der Waals surface area contributed by atoms with Crippen LogP contribution in [0.2, 0.25) is 0 Å². The first kappa shape index (κ1) is 28.4. The van der Waals surface area contributed by atoms with Gasteiger partial charge < -0.3 is 0 Å². The van der Waals surface area contributed by atoms with Crippen LogP contribution in [-0.4, -0.2) is 0 Å². The van der Waals surface area contributed by atoms with E-state index in [4.69, 9.17) is 0 Å². The highest BCUT2D eigenvalue weighted by Gasteiger charge is 1.94. The van der Waals surface area contributed by atoms with E-state index in [0.717, 1.165) is 11.1 Å². The van der Waals surface area contributed by atoms with Gasteiger partial charge >= 0.3 is 0 Å². The van der Waals surface area contributed by atoms with Crippen molar-refractivity contribution in [2.45, 2.75) is 55.4 Å². The predicted molar refractivity (Wildman–Crippen MR) is 109 cm³/mol. The van der Waals surface area contributed by atoms with Gasteiger partial charge in [0.15, 0.2) is 0 Å². The van der Waals surface area contributed by atoms with E-state index in [1.165, 1.54) is 0 Å². The van der Waals surface area contributed by atoms with Crippen LogP contribution in [0.3, 0.4) is 0 Å². The lowest BCUT2D eigenvalue weighted by Crippen LogP contribution is -1.82. The van der Waals surface area contributed by atoms with Crippen LogP contribution in [-0.2, 0) is 0 Å². The van der Waals surface area contributed by atoms with E-state index < -0.39 is 0 Å². The third kappa shape index (κ3) is 20.5. The molecule has 0 aromatic heterocycles. The number of allylic oxidation sites excluding steroid dienone is 12. The molecule has 0 N–H and O–H groups in total. The van der Waals surface area contributed by atoms with Crippen LogP contribution in [0.5, 0.6) is 0 Å². The summed E-state index contributed by atoms with van der Waals surface area (Å²) in [5.74, 6) is 0. The fourth-order valence-electron chi connectivity index (χ4n) is 1.18. The van der Waals surface area contributed by atoms with Crippen molar-refractivity contribution in [3.63, 3.8) is 0 Å². The van der Waals surface area contributed by atoms with Gasteiger partial charge in [-0.05, 0) is 25.0 Å². The Bertz CT molecular complexity index is 357. The molecule has 0 amide bonds. The molecule has 0 saturated heterocycles. The van der Waals surface area contributed by atoms with Crippen molar-refractivity contribution < 1.29 is 0 Å². The molecular formula is C22H38. The zero-order valence-corrected chi connectivity index (χ0v) is 16.2. The molecule has 0 spiro atoms. The Morgan fingerprint density at radius 3 is 1.50 bits per heavy atom. The van der Waals surface area contributed by atoms with E-state index in [1.807, 2.05) is 91.8 Å². The maximum Gasteiger partial charge on any atom is -0.0188 e. The summed E-state index contributed by atoms with van der Waals surface area (Å²) in [6.07, 6.45) is 19.6. The molecule has 0 nitrogen and oxygen atoms in total. The molecule has 0 aliphatic rings. The van der Waals surface area contributed by atoms with Gasteiger partial charge in [-0.3, -0.25) is 0 Å². The molecule has 0 fully saturated rings. The standard InChI is InChI=1S/C16H20.3C2H6/c1-5-9-11-14-15(8-4)16(12-7-3)13-10-6-2;3*1-2/h5-14H,2-3H2,1,4H3;3*1-2H3/b9-5-,13-10-,14-11-,15-8+,16-12+;;;. The summed E-state index contributed by atoms with van der Waals surface area (Å²) in [6.45, 7) is 23.4. The average molecular weight is 303 g/mol. The van der Waals surface area contributed by atoms with E-state index >= 15 is 0 Å². The van der Waals surface area contributed by atoms with E-state index in [0.29, 0.717) is 0 Å². The van der Waals surface area contributed by atoms with Gasteiger partial charge in [0, 0.05) is 0 Å². The van der Waals surface area contributed by atoms with Crippen molar-refractivity contribution >= 4 is 0 Å². The molecule has 0 rings (SSSR count). The first-order valence-corrected chi connectivity index (χ1v) is 8.38. The van der Waals surface area contributed by atoms with Crippen molar-refractivity contribution in [1.29, 1.82) is 0 Å². The molecule has 0 aromatic rings. The zero-order chi connectivity index (χ0) is 18.2. The minimum Gasteiger partial charge on any atom is -0.0991 e. The van der Waals surface area contributed by atoms with Crippen LogP contribution in [0.1, 0.15) is 55.4 Å². The Labute approximate surface area is 141 Å². The SMILES string of the molecule is C=C\C=C/C(=C\C=C)C(/C=C\C=C/C)=C/C.CC.CC.CC. The lowest BCUT2D eigenvalue weighted by molar-refractivity contribution is 1.50. The van der Waals surface area contributed by atoms with Crippen molar-refractivity contribution in [2.24, 2.45) is 0 Å². The summed E-state index contributed by atoms with van der Waals surface area (Å²) in [5.41, 5.74) is 2.29. The normalized spacial score (nSPS) is 11.1. The lowest BCUT2D eigenvalue weighted by atomic mass is 10.0. The molecule has 0 radical (unpaired) electrons. The summed E-state index contributed by atoms with van der Waals surface area (Å²) >= 11 is 0. The van der Waals surface area contributed by atoms with E-state index in [9.17, 15) is 0 Å². The molecule has 0 atom stereocenters. The molecule has 0 aliphatic heterocycles. The van der Waals surface area contributed by atoms with Gasteiger partial charge in [0.1, 0.15) is 0 Å². The second-order valence-corrected chi connectivity index (χ2v) is 3.08. The van der Waals surface area contributed by atoms with Gasteiger partial charge in [-0.2, -0.15) is 0 Å². The van der Waals surface area contributed by atoms with Crippen LogP contribution in [0, 0.1) is 0 Å². The first-order valence-electron chi connectivity index (χ1n) is 8.38. The van der Waals surface area contributed by atoms with Crippen LogP contribution in [0.15, 0.2) is 85.1 Å². The summed E-state index contributed by atoms with van der Waals surface area (Å²) in [4.78, 5) is 0. The monoisotopic (exact) mass is 302 g/mol. The second-order valence-electron chi connectivity index (χ2n) is 3.08. The van der Waals surface area contributed by atoms with Crippen molar-refractivity contribution in [2.75, 3.05) is 0 Å². The minimum absolute atomic E-state index is 1.12. The molecule has 0 saturated carbocycles. The van der Waals surface area contributed by atoms with Crippen molar-refractivity contribution in [3.8, 4) is 0 Å². The highest BCUT2D eigenvalue weighted by atomic mass is 14.0. The van der Waals surface area contributed by atoms with Gasteiger partial charge in [-0.1, -0.05) is 115 Å². The topological polar surface area (TPSA) is 0 Å². The molecule has 22 heavy (non-hydrogen) atoms. The van der Waals surface area contributed by atoms with Gasteiger partial charge in [0.2, 0.25) is 0 Å². The molecule has 0 heterocycles. The zero-order valence-electron chi connectivity index (χ0n) is 16.2. The van der Waals surface area contributed by atoms with Crippen LogP contribution >= 0.6 is 0 Å². The molecule has 0 bridgehead atoms. The fraction of sp³-hybridized carbons (Fsp3) is 0.364. The first-order chi connectivity index (χ1) is 10.8. The molecule has 126 valence electrons. The predicted octanol–water partition coefficient (Wildman–Crippen LogP) is 8.00. The van der Waals surface area contributed by atoms with Gasteiger partial charge in [0.05, 0.1) is 0 Å². The Kier molecular flexibility index (Phi) is 40.6. The smallest absolute Gasteiger partial charge is 0.0188 e. The van der Waals surface area contributed by atoms with Crippen molar-refractivity contribution in [1.82, 2.24) is 0 Å². The average Bonchev–Trinajstić information content (AvgIpc) is 2.61. The Hall–Kier alpha value is -1.82. The Morgan fingerprint density at radius 2 is 1.14 bits per heavy atom. The summed E-state index contributed by atoms with van der Waals surface area (Å²) in [7, 11) is 0. The third-order valence-corrected chi connectivity index (χ3v) is 1.93. The highest BCUT2D eigenvalue weighted by Crippen LogP contribution is 2.13. The third-order valence-electron chi connectivity index (χ3n) is 1.93. The minimum atomic E-state index is 1.12.